The number of benzene rings is 1. The normalized spacial score (nSPS) is 11.5. The molecular weight excluding hydrogens is 422 g/mol. The monoisotopic (exact) mass is 441 g/mol. The molecule has 0 bridgehead atoms. The zero-order valence-electron chi connectivity index (χ0n) is 15.7. The highest BCUT2D eigenvalue weighted by atomic mass is 79.9. The zero-order valence-corrected chi connectivity index (χ0v) is 17.3. The van der Waals surface area contributed by atoms with E-state index in [4.69, 9.17) is 9.47 Å². The molecule has 0 radical (unpaired) electrons. The van der Waals surface area contributed by atoms with Crippen LogP contribution in [0, 0.1) is 11.8 Å². The summed E-state index contributed by atoms with van der Waals surface area (Å²) in [6.45, 7) is 4.29. The number of halogens is 1. The predicted octanol–water partition coefficient (Wildman–Crippen LogP) is 4.13. The van der Waals surface area contributed by atoms with E-state index in [2.05, 4.69) is 37.9 Å². The van der Waals surface area contributed by atoms with Crippen LogP contribution in [0.1, 0.15) is 37.3 Å². The van der Waals surface area contributed by atoms with Crippen LogP contribution in [0.25, 0.3) is 5.65 Å². The Balaban J connectivity index is 1.70. The maximum absolute atomic E-state index is 11.8. The van der Waals surface area contributed by atoms with Crippen LogP contribution in [-0.4, -0.2) is 27.2 Å². The van der Waals surface area contributed by atoms with Crippen LogP contribution >= 0.6 is 15.9 Å². The molecule has 2 aromatic heterocycles. The van der Waals surface area contributed by atoms with Crippen molar-refractivity contribution in [2.45, 2.75) is 32.8 Å². The van der Waals surface area contributed by atoms with Crippen LogP contribution in [-0.2, 0) is 16.1 Å². The van der Waals surface area contributed by atoms with Gasteiger partial charge in [0.1, 0.15) is 18.7 Å². The molecular formula is C21H20BrN3O3. The molecule has 0 fully saturated rings. The summed E-state index contributed by atoms with van der Waals surface area (Å²) in [5.74, 6) is 6.24. The molecule has 0 amide bonds. The summed E-state index contributed by atoms with van der Waals surface area (Å²) < 4.78 is 13.6. The van der Waals surface area contributed by atoms with Gasteiger partial charge < -0.3 is 9.47 Å². The van der Waals surface area contributed by atoms with E-state index in [1.54, 1.807) is 18.4 Å². The van der Waals surface area contributed by atoms with Gasteiger partial charge in [0.15, 0.2) is 5.65 Å². The summed E-state index contributed by atoms with van der Waals surface area (Å²) >= 11 is 3.47. The average molecular weight is 442 g/mol. The lowest BCUT2D eigenvalue weighted by molar-refractivity contribution is -0.143. The molecule has 0 aliphatic heterocycles. The van der Waals surface area contributed by atoms with E-state index in [1.165, 1.54) is 6.33 Å². The number of hydrogen-bond acceptors (Lipinski definition) is 5. The molecule has 0 aliphatic rings. The summed E-state index contributed by atoms with van der Waals surface area (Å²) in [4.78, 5) is 16.1. The fraction of sp³-hybridized carbons (Fsp3) is 0.286. The van der Waals surface area contributed by atoms with Gasteiger partial charge in [0.05, 0.1) is 18.9 Å². The van der Waals surface area contributed by atoms with Crippen molar-refractivity contribution in [3.05, 3.63) is 58.5 Å². The van der Waals surface area contributed by atoms with Gasteiger partial charge in [-0.25, -0.2) is 9.50 Å². The highest BCUT2D eigenvalue weighted by Crippen LogP contribution is 2.24. The van der Waals surface area contributed by atoms with E-state index < -0.39 is 0 Å². The fourth-order valence-corrected chi connectivity index (χ4v) is 3.31. The van der Waals surface area contributed by atoms with Gasteiger partial charge in [-0.15, -0.1) is 5.92 Å². The second-order valence-corrected chi connectivity index (χ2v) is 6.94. The SMILES string of the molecule is CC#C[C@@H](CC(=O)OCC)c1ccc(OCc2cc(Br)cn3ncnc23)cc1. The Labute approximate surface area is 172 Å². The third-order valence-electron chi connectivity index (χ3n) is 4.09. The Morgan fingerprint density at radius 3 is 2.82 bits per heavy atom. The van der Waals surface area contributed by atoms with Gasteiger partial charge in [-0.3, -0.25) is 4.79 Å². The maximum atomic E-state index is 11.8. The van der Waals surface area contributed by atoms with Gasteiger partial charge in [-0.05, 0) is 53.5 Å². The van der Waals surface area contributed by atoms with E-state index in [0.717, 1.165) is 27.0 Å². The molecule has 28 heavy (non-hydrogen) atoms. The number of rotatable bonds is 7. The van der Waals surface area contributed by atoms with Crippen molar-refractivity contribution in [3.63, 3.8) is 0 Å². The molecule has 0 N–H and O–H groups in total. The lowest BCUT2D eigenvalue weighted by Gasteiger charge is -2.12. The maximum Gasteiger partial charge on any atom is 0.307 e. The van der Waals surface area contributed by atoms with Gasteiger partial charge in [-0.2, -0.15) is 5.10 Å². The molecule has 0 saturated heterocycles. The Bertz CT molecular complexity index is 1020. The van der Waals surface area contributed by atoms with E-state index >= 15 is 0 Å². The second-order valence-electron chi connectivity index (χ2n) is 6.03. The molecule has 1 aromatic carbocycles. The molecule has 0 spiro atoms. The van der Waals surface area contributed by atoms with E-state index in [-0.39, 0.29) is 18.3 Å². The standard InChI is InChI=1S/C21H20BrN3O3/c1-3-5-16(11-20(26)27-4-2)15-6-8-19(9-7-15)28-13-17-10-18(22)12-25-21(17)23-14-24-25/h6-10,12,14,16H,4,11,13H2,1-2H3/t16-/m0/s1. The van der Waals surface area contributed by atoms with Crippen molar-refractivity contribution >= 4 is 27.5 Å². The van der Waals surface area contributed by atoms with Crippen molar-refractivity contribution in [2.75, 3.05) is 6.61 Å². The van der Waals surface area contributed by atoms with Crippen molar-refractivity contribution in [2.24, 2.45) is 0 Å². The Hall–Kier alpha value is -2.85. The topological polar surface area (TPSA) is 65.7 Å². The minimum absolute atomic E-state index is 0.196. The smallest absolute Gasteiger partial charge is 0.307 e. The summed E-state index contributed by atoms with van der Waals surface area (Å²) in [6.07, 6.45) is 3.59. The average Bonchev–Trinajstić information content (AvgIpc) is 3.15. The van der Waals surface area contributed by atoms with E-state index in [9.17, 15) is 4.79 Å². The molecule has 2 heterocycles. The third kappa shape index (κ3) is 4.90. The minimum atomic E-state index is -0.248. The minimum Gasteiger partial charge on any atom is -0.489 e. The zero-order chi connectivity index (χ0) is 19.9. The Morgan fingerprint density at radius 1 is 1.32 bits per heavy atom. The van der Waals surface area contributed by atoms with Crippen LogP contribution in [0.15, 0.2) is 47.3 Å². The first kappa shape index (κ1) is 19.9. The molecule has 0 aliphatic carbocycles. The summed E-state index contributed by atoms with van der Waals surface area (Å²) in [5, 5.41) is 4.15. The molecule has 0 unspecified atom stereocenters. The van der Waals surface area contributed by atoms with Crippen LogP contribution in [0.2, 0.25) is 0 Å². The number of aromatic nitrogens is 3. The first-order valence-electron chi connectivity index (χ1n) is 8.89. The number of esters is 1. The van der Waals surface area contributed by atoms with Gasteiger partial charge >= 0.3 is 5.97 Å². The van der Waals surface area contributed by atoms with Gasteiger partial charge in [0.2, 0.25) is 0 Å². The van der Waals surface area contributed by atoms with Crippen LogP contribution in [0.3, 0.4) is 0 Å². The van der Waals surface area contributed by atoms with Crippen LogP contribution in [0.5, 0.6) is 5.75 Å². The molecule has 3 rings (SSSR count). The summed E-state index contributed by atoms with van der Waals surface area (Å²) in [6, 6.07) is 9.58. The first-order chi connectivity index (χ1) is 13.6. The number of nitrogens with zero attached hydrogens (tertiary/aromatic N) is 3. The largest absolute Gasteiger partial charge is 0.489 e. The van der Waals surface area contributed by atoms with Crippen LogP contribution in [0.4, 0.5) is 0 Å². The molecule has 7 heteroatoms. The molecule has 0 saturated carbocycles. The number of hydrogen-bond donors (Lipinski definition) is 0. The third-order valence-corrected chi connectivity index (χ3v) is 4.52. The molecule has 6 nitrogen and oxygen atoms in total. The number of carbonyl (C=O) groups is 1. The lowest BCUT2D eigenvalue weighted by Crippen LogP contribution is -2.09. The summed E-state index contributed by atoms with van der Waals surface area (Å²) in [7, 11) is 0. The van der Waals surface area contributed by atoms with Gasteiger partial charge in [0, 0.05) is 16.2 Å². The number of fused-ring (bicyclic) bond motifs is 1. The highest BCUT2D eigenvalue weighted by molar-refractivity contribution is 9.10. The van der Waals surface area contributed by atoms with Crippen molar-refractivity contribution < 1.29 is 14.3 Å². The molecule has 3 aromatic rings. The van der Waals surface area contributed by atoms with E-state index in [1.807, 2.05) is 36.5 Å². The number of carbonyl (C=O) groups excluding carboxylic acids is 1. The molecule has 1 atom stereocenters. The van der Waals surface area contributed by atoms with Gasteiger partial charge in [-0.1, -0.05) is 18.1 Å². The Morgan fingerprint density at radius 2 is 2.11 bits per heavy atom. The first-order valence-corrected chi connectivity index (χ1v) is 9.68. The lowest BCUT2D eigenvalue weighted by atomic mass is 9.96. The molecule has 144 valence electrons. The second kappa shape index (κ2) is 9.38. The fourth-order valence-electron chi connectivity index (χ4n) is 2.84. The van der Waals surface area contributed by atoms with Crippen molar-refractivity contribution in [1.29, 1.82) is 0 Å². The van der Waals surface area contributed by atoms with Crippen molar-refractivity contribution in [1.82, 2.24) is 14.6 Å². The Kier molecular flexibility index (Phi) is 6.66. The summed E-state index contributed by atoms with van der Waals surface area (Å²) in [5.41, 5.74) is 2.64. The van der Waals surface area contributed by atoms with Gasteiger partial charge in [0.25, 0.3) is 0 Å². The number of pyridine rings is 1. The van der Waals surface area contributed by atoms with E-state index in [0.29, 0.717) is 13.2 Å². The quantitative estimate of drug-likeness (QED) is 0.407. The van der Waals surface area contributed by atoms with Crippen LogP contribution < -0.4 is 4.74 Å². The predicted molar refractivity (Wildman–Crippen MR) is 109 cm³/mol. The van der Waals surface area contributed by atoms with Crippen molar-refractivity contribution in [3.8, 4) is 17.6 Å². The number of ether oxygens (including phenoxy) is 2. The highest BCUT2D eigenvalue weighted by Gasteiger charge is 2.15.